The predicted octanol–water partition coefficient (Wildman–Crippen LogP) is 18.9. The van der Waals surface area contributed by atoms with E-state index in [4.69, 9.17) is 0 Å². The van der Waals surface area contributed by atoms with Gasteiger partial charge in [0, 0.05) is 84.3 Å². The fourth-order valence-electron chi connectivity index (χ4n) is 13.6. The summed E-state index contributed by atoms with van der Waals surface area (Å²) < 4.78 is 2.38. The molecule has 2 aliphatic carbocycles. The zero-order valence-electron chi connectivity index (χ0n) is 56.4. The summed E-state index contributed by atoms with van der Waals surface area (Å²) in [5.74, 6) is 1.30. The molecule has 5 rings (SSSR count). The number of hydrogen-bond acceptors (Lipinski definition) is 5. The molecule has 8 nitrogen and oxygen atoms in total. The largest absolute Gasteiger partial charge is 0.871 e. The van der Waals surface area contributed by atoms with Crippen molar-refractivity contribution in [2.75, 3.05) is 23.3 Å². The van der Waals surface area contributed by atoms with Crippen LogP contribution < -0.4 is 20.6 Å². The van der Waals surface area contributed by atoms with Crippen molar-refractivity contribution in [2.24, 2.45) is 57.2 Å². The van der Waals surface area contributed by atoms with E-state index in [9.17, 15) is 19.5 Å². The van der Waals surface area contributed by atoms with Crippen LogP contribution in [0.15, 0.2) is 108 Å². The molecule has 0 aliphatic heterocycles. The molecule has 3 aromatic rings. The number of unbranched alkanes of at least 4 members (excludes halogenated alkanes) is 2. The van der Waals surface area contributed by atoms with Crippen molar-refractivity contribution in [1.29, 1.82) is 0 Å². The molecule has 0 heterocycles. The molecule has 8 heteroatoms. The predicted molar refractivity (Wildman–Crippen MR) is 356 cm³/mol. The molecule has 0 saturated carbocycles. The van der Waals surface area contributed by atoms with Gasteiger partial charge in [-0.1, -0.05) is 186 Å². The number of amides is 2. The smallest absolute Gasteiger partial charge is 0.221 e. The Labute approximate surface area is 511 Å². The van der Waals surface area contributed by atoms with Gasteiger partial charge < -0.3 is 20.6 Å². The lowest BCUT2D eigenvalue weighted by Gasteiger charge is -2.37. The summed E-state index contributed by atoms with van der Waals surface area (Å²) in [5.41, 5.74) is 8.92. The number of rotatable bonds is 28. The van der Waals surface area contributed by atoms with E-state index in [2.05, 4.69) is 193 Å². The van der Waals surface area contributed by atoms with Crippen LogP contribution in [-0.4, -0.2) is 41.0 Å². The van der Waals surface area contributed by atoms with Gasteiger partial charge in [0.1, 0.15) is 0 Å². The molecule has 2 N–H and O–H groups in total. The lowest BCUT2D eigenvalue weighted by Crippen LogP contribution is -2.34. The number of carbonyl (C=O) groups excluding carboxylic acids is 3. The number of hydrogen-bond donors (Lipinski definition) is 2. The second-order valence-corrected chi connectivity index (χ2v) is 30.9. The number of aryl methyl sites for hydroxylation is 2. The Morgan fingerprint density at radius 2 is 1.06 bits per heavy atom. The van der Waals surface area contributed by atoms with Gasteiger partial charge in [-0.15, -0.1) is 0 Å². The summed E-state index contributed by atoms with van der Waals surface area (Å²) in [5, 5.41) is 21.0. The number of allylic oxidation sites excluding steroid dienone is 5. The Bertz CT molecular complexity index is 2850. The number of ketones is 1. The van der Waals surface area contributed by atoms with Gasteiger partial charge in [0.15, 0.2) is 12.3 Å². The van der Waals surface area contributed by atoms with Gasteiger partial charge in [0.05, 0.1) is 11.4 Å². The fraction of sp³-hybridized carbons (Fsp3) is 0.605. The summed E-state index contributed by atoms with van der Waals surface area (Å²) in [4.78, 5) is 43.7. The minimum absolute atomic E-state index is 0.0237. The van der Waals surface area contributed by atoms with Crippen LogP contribution >= 0.6 is 0 Å². The molecule has 0 fully saturated rings. The standard InChI is InChI=1S/C76H114N4O4/c1-21-23-25-57-29-35-61(36-30-57)79(49-59(53(5)47-75(15,16)17)33-27-51(3)45-73(9,10)11)63-39-41-65(67(43-63)77-55(7)81)69-71(83)70(72(69)84)66-42-40-64(44-68(66)78-56(8)82)80(62-37-31-58(32-38-62)26-24-22-2)50-60(54(6)48-76(18,19)20)34-28-52(4)46-74(12,13)14/h29-32,35-44,51-54,59-60H,21-28,33-34,45-50H2,1-20H3,(H2,77,78,81,82,83,84). The molecule has 84 heavy (non-hydrogen) atoms. The highest BCUT2D eigenvalue weighted by atomic mass is 16.3. The van der Waals surface area contributed by atoms with Crippen LogP contribution in [0.5, 0.6) is 0 Å². The van der Waals surface area contributed by atoms with E-state index < -0.39 is 11.5 Å². The van der Waals surface area contributed by atoms with Crippen LogP contribution in [0.4, 0.5) is 22.7 Å². The first-order valence-corrected chi connectivity index (χ1v) is 32.6. The maximum atomic E-state index is 14.9. The molecule has 0 aromatic heterocycles. The molecule has 462 valence electrons. The van der Waals surface area contributed by atoms with Crippen LogP contribution in [0.3, 0.4) is 0 Å². The third kappa shape index (κ3) is 21.5. The molecule has 0 spiro atoms. The molecule has 3 aromatic carbocycles. The van der Waals surface area contributed by atoms with E-state index in [0.717, 1.165) is 126 Å². The minimum atomic E-state index is -0.418. The molecule has 0 radical (unpaired) electrons. The first-order chi connectivity index (χ1) is 39.1. The second kappa shape index (κ2) is 30.2. The highest BCUT2D eigenvalue weighted by Gasteiger charge is 2.37. The fourth-order valence-corrected chi connectivity index (χ4v) is 13.6. The number of anilines is 3. The average molecular weight is 1150 g/mol. The molecular formula is C76H114N4O4. The molecule has 0 bridgehead atoms. The summed E-state index contributed by atoms with van der Waals surface area (Å²) >= 11 is 0. The van der Waals surface area contributed by atoms with Gasteiger partial charge in [0.25, 0.3) is 0 Å². The average Bonchev–Trinajstić information content (AvgIpc) is 1.73. The topological polar surface area (TPSA) is 105 Å². The molecule has 0 saturated heterocycles. The number of Topliss-reactive ketones (excluding diaryl/α,β-unsaturated/α-hetero) is 1. The number of carbonyl (C=O) groups is 3. The first kappa shape index (κ1) is 69.3. The van der Waals surface area contributed by atoms with Crippen molar-refractivity contribution in [3.63, 3.8) is 0 Å². The summed E-state index contributed by atoms with van der Waals surface area (Å²) in [6.45, 7) is 46.5. The van der Waals surface area contributed by atoms with Crippen LogP contribution in [-0.2, 0) is 27.2 Å². The number of benzene rings is 3. The zero-order valence-corrected chi connectivity index (χ0v) is 56.4. The Morgan fingerprint density at radius 1 is 0.583 bits per heavy atom. The van der Waals surface area contributed by atoms with Gasteiger partial charge in [-0.2, -0.15) is 4.58 Å². The van der Waals surface area contributed by atoms with Gasteiger partial charge >= 0.3 is 0 Å². The third-order valence-corrected chi connectivity index (χ3v) is 17.1. The lowest BCUT2D eigenvalue weighted by molar-refractivity contribution is -0.450. The van der Waals surface area contributed by atoms with Crippen LogP contribution in [0.1, 0.15) is 232 Å². The Hall–Kier alpha value is -5.50. The molecule has 6 atom stereocenters. The maximum absolute atomic E-state index is 14.9. The summed E-state index contributed by atoms with van der Waals surface area (Å²) in [7, 11) is 0. The van der Waals surface area contributed by atoms with E-state index in [1.165, 1.54) is 25.0 Å². The molecular weight excluding hydrogens is 1030 g/mol. The Balaban J connectivity index is 1.66. The van der Waals surface area contributed by atoms with Crippen molar-refractivity contribution < 1.29 is 24.1 Å². The van der Waals surface area contributed by atoms with Gasteiger partial charge in [-0.3, -0.25) is 14.4 Å². The van der Waals surface area contributed by atoms with Crippen molar-refractivity contribution in [2.45, 2.75) is 228 Å². The second-order valence-electron chi connectivity index (χ2n) is 30.9. The van der Waals surface area contributed by atoms with E-state index in [0.29, 0.717) is 58.0 Å². The lowest BCUT2D eigenvalue weighted by atomic mass is 9.76. The van der Waals surface area contributed by atoms with Crippen molar-refractivity contribution in [1.82, 2.24) is 5.32 Å². The van der Waals surface area contributed by atoms with Gasteiger partial charge in [0.2, 0.25) is 23.2 Å². The van der Waals surface area contributed by atoms with Crippen molar-refractivity contribution >= 4 is 51.6 Å². The van der Waals surface area contributed by atoms with Crippen LogP contribution in [0.2, 0.25) is 0 Å². The van der Waals surface area contributed by atoms with Crippen LogP contribution in [0.25, 0.3) is 5.57 Å². The number of nitrogens with one attached hydrogen (secondary N) is 2. The molecule has 6 unspecified atom stereocenters. The van der Waals surface area contributed by atoms with E-state index in [1.807, 2.05) is 36.4 Å². The van der Waals surface area contributed by atoms with Gasteiger partial charge in [-0.25, -0.2) is 0 Å². The van der Waals surface area contributed by atoms with E-state index >= 15 is 0 Å². The Kier molecular flexibility index (Phi) is 24.9. The van der Waals surface area contributed by atoms with E-state index in [-0.39, 0.29) is 44.6 Å². The molecule has 2 aliphatic rings. The monoisotopic (exact) mass is 1150 g/mol. The Morgan fingerprint density at radius 3 is 1.54 bits per heavy atom. The van der Waals surface area contributed by atoms with Crippen molar-refractivity contribution in [3.8, 4) is 0 Å². The zero-order chi connectivity index (χ0) is 62.5. The minimum Gasteiger partial charge on any atom is -0.871 e. The SMILES string of the molecule is CCCCc1ccc(N(CC(CCC(C)CC(C)(C)C)C(C)CC(C)(C)C)c2ccc(C3=C([O-])/C(=C4\C=CC(=[N+](CC(CCC(C)CC(C)(C)C)C(C)CC(C)(C)C)c5ccc(CCCC)cc5)C=C4NC(C)=O)C3=O)c(NC(C)=O)c2)cc1. The summed E-state index contributed by atoms with van der Waals surface area (Å²) in [6.07, 6.45) is 21.3. The van der Waals surface area contributed by atoms with Crippen LogP contribution in [0, 0.1) is 57.2 Å². The first-order valence-electron chi connectivity index (χ1n) is 32.6. The quantitative estimate of drug-likeness (QED) is 0.0557. The molecule has 2 amide bonds. The van der Waals surface area contributed by atoms with Gasteiger partial charge in [-0.05, 0) is 157 Å². The third-order valence-electron chi connectivity index (χ3n) is 17.1. The normalized spacial score (nSPS) is 17.9. The summed E-state index contributed by atoms with van der Waals surface area (Å²) in [6, 6.07) is 23.7. The maximum Gasteiger partial charge on any atom is 0.221 e. The highest BCUT2D eigenvalue weighted by molar-refractivity contribution is 6.40. The van der Waals surface area contributed by atoms with E-state index in [1.54, 1.807) is 0 Å². The highest BCUT2D eigenvalue weighted by Crippen LogP contribution is 2.45. The number of nitrogens with zero attached hydrogens (tertiary/aromatic N) is 2. The van der Waals surface area contributed by atoms with Crippen molar-refractivity contribution in [3.05, 3.63) is 124 Å².